The highest BCUT2D eigenvalue weighted by Crippen LogP contribution is 2.30. The minimum Gasteiger partial charge on any atom is -0.341 e. The number of amides is 2. The molecule has 1 aliphatic rings. The Bertz CT molecular complexity index is 1300. The van der Waals surface area contributed by atoms with Crippen molar-refractivity contribution in [2.24, 2.45) is 0 Å². The fraction of sp³-hybridized carbons (Fsp3) is 0.280. The number of benzene rings is 1. The Morgan fingerprint density at radius 1 is 1.06 bits per heavy atom. The lowest BCUT2D eigenvalue weighted by atomic mass is 10.2. The van der Waals surface area contributed by atoms with E-state index >= 15 is 0 Å². The standard InChI is InChI=1S/C25H28N8OS/c1-26-25(34)33-14-12-32(13-15-33)17-18-10-11-27-21(16-18)29-24-28-20-8-9-22(30-23(20)35-24)31(2)19-6-4-3-5-7-19/h3-11,16H,12-15,17H2,1-2H3,(H,26,34)(H,27,28,29). The second kappa shape index (κ2) is 10.2. The maximum absolute atomic E-state index is 11.8. The molecule has 2 amide bonds. The van der Waals surface area contributed by atoms with Gasteiger partial charge in [-0.1, -0.05) is 29.5 Å². The number of hydrogen-bond acceptors (Lipinski definition) is 8. The van der Waals surface area contributed by atoms with Crippen LogP contribution < -0.4 is 15.5 Å². The van der Waals surface area contributed by atoms with Crippen LogP contribution in [0.2, 0.25) is 0 Å². The van der Waals surface area contributed by atoms with E-state index in [0.29, 0.717) is 0 Å². The van der Waals surface area contributed by atoms with Crippen molar-refractivity contribution in [3.05, 3.63) is 66.4 Å². The average molecular weight is 489 g/mol. The molecule has 0 saturated carbocycles. The first-order valence-corrected chi connectivity index (χ1v) is 12.4. The van der Waals surface area contributed by atoms with Gasteiger partial charge in [-0.15, -0.1) is 0 Å². The Kier molecular flexibility index (Phi) is 6.73. The van der Waals surface area contributed by atoms with Crippen LogP contribution in [0.3, 0.4) is 0 Å². The van der Waals surface area contributed by atoms with Crippen molar-refractivity contribution in [1.82, 2.24) is 30.1 Å². The van der Waals surface area contributed by atoms with Crippen molar-refractivity contribution in [2.45, 2.75) is 6.54 Å². The first-order valence-electron chi connectivity index (χ1n) is 11.6. The summed E-state index contributed by atoms with van der Waals surface area (Å²) < 4.78 is 0. The predicted molar refractivity (Wildman–Crippen MR) is 141 cm³/mol. The van der Waals surface area contributed by atoms with Crippen LogP contribution in [-0.2, 0) is 6.54 Å². The van der Waals surface area contributed by atoms with Crippen molar-refractivity contribution in [3.63, 3.8) is 0 Å². The van der Waals surface area contributed by atoms with Crippen molar-refractivity contribution >= 4 is 50.2 Å². The van der Waals surface area contributed by atoms with Crippen molar-refractivity contribution < 1.29 is 4.79 Å². The molecule has 1 aliphatic heterocycles. The molecule has 9 nitrogen and oxygen atoms in total. The highest BCUT2D eigenvalue weighted by Gasteiger charge is 2.20. The van der Waals surface area contributed by atoms with Gasteiger partial charge in [0, 0.05) is 58.7 Å². The van der Waals surface area contributed by atoms with E-state index in [9.17, 15) is 4.79 Å². The van der Waals surface area contributed by atoms with Crippen molar-refractivity contribution in [1.29, 1.82) is 0 Å². The smallest absolute Gasteiger partial charge is 0.317 e. The molecule has 0 atom stereocenters. The number of carbonyl (C=O) groups excluding carboxylic acids is 1. The van der Waals surface area contributed by atoms with Crippen LogP contribution in [-0.4, -0.2) is 71.1 Å². The van der Waals surface area contributed by atoms with Crippen molar-refractivity contribution in [3.8, 4) is 0 Å². The van der Waals surface area contributed by atoms with E-state index in [1.165, 1.54) is 16.9 Å². The molecule has 4 aromatic rings. The normalized spacial score (nSPS) is 14.2. The van der Waals surface area contributed by atoms with Crippen LogP contribution in [0.4, 0.5) is 27.2 Å². The van der Waals surface area contributed by atoms with Crippen LogP contribution in [0.15, 0.2) is 60.8 Å². The summed E-state index contributed by atoms with van der Waals surface area (Å²) in [6, 6.07) is 18.2. The first-order chi connectivity index (χ1) is 17.1. The molecule has 180 valence electrons. The third kappa shape index (κ3) is 5.33. The van der Waals surface area contributed by atoms with E-state index in [0.717, 1.165) is 65.5 Å². The maximum Gasteiger partial charge on any atom is 0.317 e. The summed E-state index contributed by atoms with van der Waals surface area (Å²) in [5.41, 5.74) is 3.10. The highest BCUT2D eigenvalue weighted by molar-refractivity contribution is 7.21. The molecule has 35 heavy (non-hydrogen) atoms. The Labute approximate surface area is 208 Å². The molecule has 4 heterocycles. The summed E-state index contributed by atoms with van der Waals surface area (Å²) in [6.45, 7) is 3.98. The van der Waals surface area contributed by atoms with E-state index < -0.39 is 0 Å². The van der Waals surface area contributed by atoms with E-state index in [1.807, 2.05) is 54.5 Å². The topological polar surface area (TPSA) is 89.5 Å². The molecule has 2 N–H and O–H groups in total. The molecule has 1 aromatic carbocycles. The first kappa shape index (κ1) is 23.0. The summed E-state index contributed by atoms with van der Waals surface area (Å²) in [7, 11) is 3.68. The molecule has 0 aliphatic carbocycles. The Balaban J connectivity index is 1.25. The second-order valence-electron chi connectivity index (χ2n) is 8.40. The number of hydrogen-bond donors (Lipinski definition) is 2. The van der Waals surface area contributed by atoms with E-state index in [2.05, 4.69) is 43.6 Å². The Morgan fingerprint density at radius 2 is 1.86 bits per heavy atom. The van der Waals surface area contributed by atoms with Gasteiger partial charge in [0.15, 0.2) is 5.13 Å². The number of thiazole rings is 1. The number of rotatable bonds is 6. The molecule has 1 fully saturated rings. The monoisotopic (exact) mass is 488 g/mol. The molecule has 0 bridgehead atoms. The lowest BCUT2D eigenvalue weighted by molar-refractivity contribution is 0.136. The second-order valence-corrected chi connectivity index (χ2v) is 9.38. The molecule has 0 unspecified atom stereocenters. The number of aromatic nitrogens is 3. The average Bonchev–Trinajstić information content (AvgIpc) is 3.30. The quantitative estimate of drug-likeness (QED) is 0.423. The predicted octanol–water partition coefficient (Wildman–Crippen LogP) is 4.05. The van der Waals surface area contributed by atoms with Gasteiger partial charge in [0.1, 0.15) is 22.0 Å². The van der Waals surface area contributed by atoms with Gasteiger partial charge in [-0.2, -0.15) is 0 Å². The summed E-state index contributed by atoms with van der Waals surface area (Å²) in [4.78, 5) is 32.9. The van der Waals surface area contributed by atoms with Crippen molar-refractivity contribution in [2.75, 3.05) is 50.5 Å². The summed E-state index contributed by atoms with van der Waals surface area (Å²) in [5, 5.41) is 6.80. The number of urea groups is 1. The van der Waals surface area contributed by atoms with Crippen LogP contribution in [0.1, 0.15) is 5.56 Å². The third-order valence-corrected chi connectivity index (χ3v) is 6.95. The Hall–Kier alpha value is -3.76. The Morgan fingerprint density at radius 3 is 2.63 bits per heavy atom. The number of nitrogens with zero attached hydrogens (tertiary/aromatic N) is 6. The third-order valence-electron chi connectivity index (χ3n) is 6.07. The SMILES string of the molecule is CNC(=O)N1CCN(Cc2ccnc(Nc3nc4ccc(N(C)c5ccccc5)nc4s3)c2)CC1. The van der Waals surface area contributed by atoms with E-state index in [-0.39, 0.29) is 6.03 Å². The van der Waals surface area contributed by atoms with E-state index in [1.54, 1.807) is 7.05 Å². The molecule has 5 rings (SSSR count). The number of nitrogens with one attached hydrogen (secondary N) is 2. The van der Waals surface area contributed by atoms with Gasteiger partial charge in [-0.05, 0) is 42.0 Å². The minimum absolute atomic E-state index is 0.01000. The molecular weight excluding hydrogens is 460 g/mol. The number of anilines is 4. The molecule has 3 aromatic heterocycles. The van der Waals surface area contributed by atoms with Gasteiger partial charge in [0.05, 0.1) is 0 Å². The van der Waals surface area contributed by atoms with Gasteiger partial charge >= 0.3 is 6.03 Å². The highest BCUT2D eigenvalue weighted by atomic mass is 32.1. The number of pyridine rings is 2. The fourth-order valence-electron chi connectivity index (χ4n) is 4.11. The van der Waals surface area contributed by atoms with Crippen LogP contribution in [0.25, 0.3) is 10.3 Å². The minimum atomic E-state index is -0.01000. The van der Waals surface area contributed by atoms with Crippen LogP contribution in [0, 0.1) is 0 Å². The van der Waals surface area contributed by atoms with Gasteiger partial charge in [0.25, 0.3) is 0 Å². The zero-order valence-electron chi connectivity index (χ0n) is 19.8. The van der Waals surface area contributed by atoms with Gasteiger partial charge in [-0.25, -0.2) is 19.7 Å². The largest absolute Gasteiger partial charge is 0.341 e. The molecular formula is C25H28N8OS. The molecule has 0 radical (unpaired) electrons. The fourth-order valence-corrected chi connectivity index (χ4v) is 4.95. The number of fused-ring (bicyclic) bond motifs is 1. The van der Waals surface area contributed by atoms with E-state index in [4.69, 9.17) is 9.97 Å². The number of piperazine rings is 1. The van der Waals surface area contributed by atoms with Crippen LogP contribution >= 0.6 is 11.3 Å². The summed E-state index contributed by atoms with van der Waals surface area (Å²) >= 11 is 1.51. The van der Waals surface area contributed by atoms with Gasteiger partial charge in [-0.3, -0.25) is 4.90 Å². The van der Waals surface area contributed by atoms with Gasteiger partial charge in [0.2, 0.25) is 0 Å². The molecule has 1 saturated heterocycles. The summed E-state index contributed by atoms with van der Waals surface area (Å²) in [6.07, 6.45) is 1.82. The number of carbonyl (C=O) groups is 1. The van der Waals surface area contributed by atoms with Gasteiger partial charge < -0.3 is 20.4 Å². The lowest BCUT2D eigenvalue weighted by Crippen LogP contribution is -2.50. The molecule has 10 heteroatoms. The zero-order valence-corrected chi connectivity index (χ0v) is 20.6. The van der Waals surface area contributed by atoms with Crippen LogP contribution in [0.5, 0.6) is 0 Å². The maximum atomic E-state index is 11.8. The zero-order chi connectivity index (χ0) is 24.2. The number of para-hydroxylation sites is 1. The molecule has 0 spiro atoms. The lowest BCUT2D eigenvalue weighted by Gasteiger charge is -2.34. The summed E-state index contributed by atoms with van der Waals surface area (Å²) in [5.74, 6) is 1.63.